The van der Waals surface area contributed by atoms with E-state index in [1.54, 1.807) is 18.4 Å². The van der Waals surface area contributed by atoms with E-state index in [0.717, 1.165) is 29.8 Å². The number of carbonyl (C=O) groups is 2. The smallest absolute Gasteiger partial charge is 0.243 e. The topological polar surface area (TPSA) is 62.3 Å². The Morgan fingerprint density at radius 1 is 1.11 bits per heavy atom. The maximum Gasteiger partial charge on any atom is 0.243 e. The van der Waals surface area contributed by atoms with Crippen molar-refractivity contribution in [1.29, 1.82) is 0 Å². The third-order valence-corrected chi connectivity index (χ3v) is 5.40. The first kappa shape index (κ1) is 19.9. The van der Waals surface area contributed by atoms with Crippen LogP contribution >= 0.6 is 11.3 Å². The molecule has 0 unspecified atom stereocenters. The number of likely N-dealkylation sites (N-methyl/N-ethyl adjacent to an activating group) is 1. The van der Waals surface area contributed by atoms with Crippen LogP contribution in [0.3, 0.4) is 0 Å². The number of thiazole rings is 1. The molecule has 0 aliphatic rings. The van der Waals surface area contributed by atoms with Crippen LogP contribution in [0, 0.1) is 5.82 Å². The summed E-state index contributed by atoms with van der Waals surface area (Å²) in [5, 5.41) is 3.73. The number of aryl methyl sites for hydroxylation is 1. The normalized spacial score (nSPS) is 10.8. The van der Waals surface area contributed by atoms with Gasteiger partial charge in [0.1, 0.15) is 5.82 Å². The molecule has 0 saturated carbocycles. The predicted molar refractivity (Wildman–Crippen MR) is 110 cm³/mol. The van der Waals surface area contributed by atoms with Crippen molar-refractivity contribution in [2.75, 3.05) is 18.9 Å². The Hall–Kier alpha value is -2.80. The van der Waals surface area contributed by atoms with E-state index in [4.69, 9.17) is 0 Å². The highest BCUT2D eigenvalue weighted by atomic mass is 32.1. The van der Waals surface area contributed by atoms with Crippen LogP contribution < -0.4 is 5.32 Å². The predicted octanol–water partition coefficient (Wildman–Crippen LogP) is 4.25. The average Bonchev–Trinajstić information content (AvgIpc) is 3.09. The zero-order valence-corrected chi connectivity index (χ0v) is 16.5. The van der Waals surface area contributed by atoms with E-state index < -0.39 is 0 Å². The average molecular weight is 399 g/mol. The molecule has 2 aromatic carbocycles. The molecule has 0 spiro atoms. The molecule has 3 rings (SSSR count). The van der Waals surface area contributed by atoms with Crippen molar-refractivity contribution in [3.8, 4) is 0 Å². The van der Waals surface area contributed by atoms with Crippen LogP contribution in [0.2, 0.25) is 0 Å². The number of nitrogens with one attached hydrogen (secondary N) is 1. The molecule has 0 atom stereocenters. The Balaban J connectivity index is 1.37. The van der Waals surface area contributed by atoms with E-state index in [-0.39, 0.29) is 24.2 Å². The molecular formula is C21H22FN3O2S. The third-order valence-electron chi connectivity index (χ3n) is 4.30. The van der Waals surface area contributed by atoms with Crippen LogP contribution in [-0.4, -0.2) is 35.3 Å². The van der Waals surface area contributed by atoms with Crippen molar-refractivity contribution in [3.63, 3.8) is 0 Å². The number of halogens is 1. The van der Waals surface area contributed by atoms with Crippen LogP contribution in [-0.2, 0) is 16.0 Å². The van der Waals surface area contributed by atoms with Crippen molar-refractivity contribution in [2.24, 2.45) is 0 Å². The summed E-state index contributed by atoms with van der Waals surface area (Å²) in [5.41, 5.74) is 1.52. The van der Waals surface area contributed by atoms with Gasteiger partial charge in [-0.15, -0.1) is 11.3 Å². The van der Waals surface area contributed by atoms with Gasteiger partial charge in [-0.25, -0.2) is 9.37 Å². The minimum absolute atomic E-state index is 0.0337. The molecule has 1 heterocycles. The van der Waals surface area contributed by atoms with Gasteiger partial charge in [-0.1, -0.05) is 12.1 Å². The van der Waals surface area contributed by atoms with Gasteiger partial charge in [0.05, 0.1) is 21.8 Å². The number of hydrogen-bond donors (Lipinski definition) is 1. The Morgan fingerprint density at radius 3 is 2.61 bits per heavy atom. The number of hydrogen-bond acceptors (Lipinski definition) is 4. The van der Waals surface area contributed by atoms with Crippen LogP contribution in [0.15, 0.2) is 48.5 Å². The number of benzene rings is 2. The van der Waals surface area contributed by atoms with Gasteiger partial charge in [0.15, 0.2) is 0 Å². The fraction of sp³-hybridized carbons (Fsp3) is 0.286. The van der Waals surface area contributed by atoms with Crippen LogP contribution in [0.5, 0.6) is 0 Å². The van der Waals surface area contributed by atoms with Gasteiger partial charge >= 0.3 is 0 Å². The van der Waals surface area contributed by atoms with Gasteiger partial charge in [0.25, 0.3) is 0 Å². The number of anilines is 1. The Kier molecular flexibility index (Phi) is 6.71. The third kappa shape index (κ3) is 5.60. The molecule has 0 fully saturated rings. The zero-order valence-electron chi connectivity index (χ0n) is 15.7. The second-order valence-electron chi connectivity index (χ2n) is 6.59. The minimum atomic E-state index is -0.365. The summed E-state index contributed by atoms with van der Waals surface area (Å²) in [5.74, 6) is -0.744. The van der Waals surface area contributed by atoms with E-state index in [1.807, 2.05) is 18.2 Å². The Morgan fingerprint density at radius 2 is 1.86 bits per heavy atom. The molecule has 2 amide bonds. The molecule has 3 aromatic rings. The molecule has 28 heavy (non-hydrogen) atoms. The number of rotatable bonds is 8. The molecule has 0 radical (unpaired) electrons. The highest BCUT2D eigenvalue weighted by Crippen LogP contribution is 2.22. The number of fused-ring (bicyclic) bond motifs is 1. The molecule has 0 aliphatic carbocycles. The van der Waals surface area contributed by atoms with Crippen molar-refractivity contribution in [1.82, 2.24) is 9.88 Å². The summed E-state index contributed by atoms with van der Waals surface area (Å²) in [6, 6.07) is 13.6. The summed E-state index contributed by atoms with van der Waals surface area (Å²) in [4.78, 5) is 30.2. The molecule has 0 saturated heterocycles. The first-order valence-corrected chi connectivity index (χ1v) is 9.97. The first-order valence-electron chi connectivity index (χ1n) is 9.15. The summed E-state index contributed by atoms with van der Waals surface area (Å²) in [7, 11) is 1.61. The summed E-state index contributed by atoms with van der Waals surface area (Å²) in [6.45, 7) is -0.0337. The summed E-state index contributed by atoms with van der Waals surface area (Å²) >= 11 is 1.69. The van der Waals surface area contributed by atoms with Crippen LogP contribution in [0.1, 0.15) is 24.3 Å². The van der Waals surface area contributed by atoms with Gasteiger partial charge in [-0.3, -0.25) is 9.59 Å². The molecule has 0 aliphatic heterocycles. The SMILES string of the molecule is CN(CC(=O)Nc1ccc(F)cc1)C(=O)CCCCc1nc2ccccc2s1. The number of carbonyl (C=O) groups excluding carboxylic acids is 2. The summed E-state index contributed by atoms with van der Waals surface area (Å²) in [6.07, 6.45) is 2.87. The monoisotopic (exact) mass is 399 g/mol. The van der Waals surface area contributed by atoms with Crippen molar-refractivity contribution in [2.45, 2.75) is 25.7 Å². The Bertz CT molecular complexity index is 923. The lowest BCUT2D eigenvalue weighted by molar-refractivity contribution is -0.133. The maximum absolute atomic E-state index is 12.9. The number of amides is 2. The second kappa shape index (κ2) is 9.41. The molecule has 1 aromatic heterocycles. The lowest BCUT2D eigenvalue weighted by atomic mass is 10.2. The van der Waals surface area contributed by atoms with E-state index >= 15 is 0 Å². The lowest BCUT2D eigenvalue weighted by Gasteiger charge is -2.16. The number of para-hydroxylation sites is 1. The maximum atomic E-state index is 12.9. The van der Waals surface area contributed by atoms with Gasteiger partial charge in [-0.2, -0.15) is 0 Å². The van der Waals surface area contributed by atoms with Crippen molar-refractivity contribution in [3.05, 3.63) is 59.4 Å². The molecule has 146 valence electrons. The van der Waals surface area contributed by atoms with Crippen molar-refractivity contribution >= 4 is 39.1 Å². The van der Waals surface area contributed by atoms with E-state index in [1.165, 1.54) is 33.9 Å². The highest BCUT2D eigenvalue weighted by molar-refractivity contribution is 7.18. The van der Waals surface area contributed by atoms with Gasteiger partial charge in [0, 0.05) is 19.2 Å². The lowest BCUT2D eigenvalue weighted by Crippen LogP contribution is -2.34. The van der Waals surface area contributed by atoms with Gasteiger partial charge in [-0.05, 0) is 55.7 Å². The number of nitrogens with zero attached hydrogens (tertiary/aromatic N) is 2. The molecule has 5 nitrogen and oxygen atoms in total. The van der Waals surface area contributed by atoms with E-state index in [9.17, 15) is 14.0 Å². The quantitative estimate of drug-likeness (QED) is 0.576. The summed E-state index contributed by atoms with van der Waals surface area (Å²) < 4.78 is 14.1. The van der Waals surface area contributed by atoms with E-state index in [0.29, 0.717) is 12.1 Å². The van der Waals surface area contributed by atoms with Crippen LogP contribution in [0.25, 0.3) is 10.2 Å². The standard InChI is InChI=1S/C21H22FN3O2S/c1-25(14-19(26)23-16-12-10-15(22)11-13-16)21(27)9-5-4-8-20-24-17-6-2-3-7-18(17)28-20/h2-3,6-7,10-13H,4-5,8-9,14H2,1H3,(H,23,26). The van der Waals surface area contributed by atoms with Crippen molar-refractivity contribution < 1.29 is 14.0 Å². The first-order chi connectivity index (χ1) is 13.5. The fourth-order valence-electron chi connectivity index (χ4n) is 2.81. The zero-order chi connectivity index (χ0) is 19.9. The largest absolute Gasteiger partial charge is 0.336 e. The molecule has 1 N–H and O–H groups in total. The Labute approximate surface area is 167 Å². The van der Waals surface area contributed by atoms with E-state index in [2.05, 4.69) is 16.4 Å². The number of aromatic nitrogens is 1. The molecular weight excluding hydrogens is 377 g/mol. The highest BCUT2D eigenvalue weighted by Gasteiger charge is 2.13. The second-order valence-corrected chi connectivity index (χ2v) is 7.70. The van der Waals surface area contributed by atoms with Gasteiger partial charge < -0.3 is 10.2 Å². The van der Waals surface area contributed by atoms with Crippen LogP contribution in [0.4, 0.5) is 10.1 Å². The molecule has 0 bridgehead atoms. The van der Waals surface area contributed by atoms with Gasteiger partial charge in [0.2, 0.25) is 11.8 Å². The fourth-order valence-corrected chi connectivity index (χ4v) is 3.82. The number of unbranched alkanes of at least 4 members (excludes halogenated alkanes) is 1. The molecule has 7 heteroatoms. The minimum Gasteiger partial charge on any atom is -0.336 e.